The Labute approximate surface area is 445 Å². The number of fused-ring (bicyclic) bond motifs is 4. The number of hydrogen-bond donors (Lipinski definition) is 6. The lowest BCUT2D eigenvalue weighted by atomic mass is 9.97. The van der Waals surface area contributed by atoms with Gasteiger partial charge in [-0.05, 0) is 72.9 Å². The Hall–Kier alpha value is -7.54. The van der Waals surface area contributed by atoms with Crippen LogP contribution in [0.3, 0.4) is 0 Å². The standard InChI is InChI=1S/2C27H30F2N6O4/c2*1-14-18(10-33-26-25(14)31-4-7-38-26)17-8-15-9-22(32-11-19(15)24(30)23(17)29)34-27(36)39-21-2-5-35(12-20(21)28)16-3-6-37-13-16/h2*8-11,16,20-21,31H,2-7,12-13,30H2,1H3,(H,32,34,36)/t2*16?,20-,21+/m10/s1. The van der Waals surface area contributed by atoms with E-state index in [1.165, 1.54) is 12.4 Å². The molecule has 0 saturated carbocycles. The Balaban J connectivity index is 0.000000165. The van der Waals surface area contributed by atoms with Crippen LogP contribution in [0.4, 0.5) is 61.5 Å². The Kier molecular flexibility index (Phi) is 15.1. The quantitative estimate of drug-likeness (QED) is 0.0629. The summed E-state index contributed by atoms with van der Waals surface area (Å²) < 4.78 is 93.2. The van der Waals surface area contributed by atoms with E-state index in [-0.39, 0.29) is 59.3 Å². The molecule has 10 heterocycles. The van der Waals surface area contributed by atoms with Crippen molar-refractivity contribution in [3.05, 3.63) is 71.8 Å². The number of rotatable bonds is 8. The van der Waals surface area contributed by atoms with Crippen molar-refractivity contribution in [3.63, 3.8) is 0 Å². The maximum atomic E-state index is 15.4. The van der Waals surface area contributed by atoms with Crippen molar-refractivity contribution in [1.29, 1.82) is 0 Å². The highest BCUT2D eigenvalue weighted by molar-refractivity contribution is 6.01. The van der Waals surface area contributed by atoms with Gasteiger partial charge in [0, 0.05) is 135 Å². The molecule has 6 atom stereocenters. The van der Waals surface area contributed by atoms with Crippen molar-refractivity contribution in [2.45, 2.75) is 76.2 Å². The molecule has 4 aromatic heterocycles. The molecule has 412 valence electrons. The molecule has 20 nitrogen and oxygen atoms in total. The fourth-order valence-corrected chi connectivity index (χ4v) is 11.0. The molecule has 78 heavy (non-hydrogen) atoms. The summed E-state index contributed by atoms with van der Waals surface area (Å²) in [5.74, 6) is 0.122. The average molecular weight is 1080 g/mol. The molecule has 4 saturated heterocycles. The molecule has 4 fully saturated rings. The van der Waals surface area contributed by atoms with Gasteiger partial charge in [-0.3, -0.25) is 20.4 Å². The maximum absolute atomic E-state index is 15.4. The number of alkyl halides is 2. The van der Waals surface area contributed by atoms with Crippen molar-refractivity contribution in [2.75, 3.05) is 112 Å². The lowest BCUT2D eigenvalue weighted by molar-refractivity contribution is -0.0162. The van der Waals surface area contributed by atoms with Crippen LogP contribution in [-0.4, -0.2) is 157 Å². The van der Waals surface area contributed by atoms with Crippen LogP contribution in [-0.2, 0) is 18.9 Å². The molecule has 6 aromatic rings. The van der Waals surface area contributed by atoms with Crippen molar-refractivity contribution >= 4 is 68.1 Å². The third kappa shape index (κ3) is 10.7. The monoisotopic (exact) mass is 1080 g/mol. The molecule has 2 unspecified atom stereocenters. The van der Waals surface area contributed by atoms with Crippen molar-refractivity contribution in [2.24, 2.45) is 0 Å². The van der Waals surface area contributed by atoms with Crippen LogP contribution in [0.25, 0.3) is 43.8 Å². The van der Waals surface area contributed by atoms with Crippen LogP contribution in [0.15, 0.2) is 49.1 Å². The van der Waals surface area contributed by atoms with Gasteiger partial charge in [0.05, 0.1) is 24.6 Å². The van der Waals surface area contributed by atoms with E-state index in [1.807, 2.05) is 13.8 Å². The summed E-state index contributed by atoms with van der Waals surface area (Å²) in [6.45, 7) is 10.2. The van der Waals surface area contributed by atoms with E-state index in [4.69, 9.17) is 39.9 Å². The number of pyridine rings is 4. The Morgan fingerprint density at radius 1 is 0.615 bits per heavy atom. The number of halogens is 4. The molecule has 6 aliphatic heterocycles. The van der Waals surface area contributed by atoms with Gasteiger partial charge in [-0.2, -0.15) is 0 Å². The fraction of sp³-hybridized carbons (Fsp3) is 0.444. The number of nitrogen functional groups attached to an aromatic ring is 2. The van der Waals surface area contributed by atoms with E-state index >= 15 is 8.78 Å². The highest BCUT2D eigenvalue weighted by atomic mass is 19.1. The van der Waals surface area contributed by atoms with Crippen molar-refractivity contribution in [3.8, 4) is 34.0 Å². The molecular weight excluding hydrogens is 1020 g/mol. The summed E-state index contributed by atoms with van der Waals surface area (Å²) in [6, 6.07) is 6.86. The van der Waals surface area contributed by atoms with Gasteiger partial charge in [0.2, 0.25) is 11.8 Å². The summed E-state index contributed by atoms with van der Waals surface area (Å²) in [7, 11) is 0. The first kappa shape index (κ1) is 52.5. The number of nitrogens with one attached hydrogen (secondary N) is 4. The number of piperidine rings is 2. The van der Waals surface area contributed by atoms with E-state index in [2.05, 4.69) is 51.0 Å². The first-order valence-corrected chi connectivity index (χ1v) is 26.1. The van der Waals surface area contributed by atoms with Gasteiger partial charge >= 0.3 is 12.2 Å². The average Bonchev–Trinajstić information content (AvgIpc) is 4.29. The Bertz CT molecular complexity index is 3050. The topological polar surface area (TPSA) is 248 Å². The summed E-state index contributed by atoms with van der Waals surface area (Å²) in [5.41, 5.74) is 16.8. The molecule has 0 bridgehead atoms. The number of carbonyl (C=O) groups is 2. The molecule has 12 rings (SSSR count). The lowest BCUT2D eigenvalue weighted by Crippen LogP contribution is -2.50. The number of nitrogens with two attached hydrogens (primary N) is 2. The van der Waals surface area contributed by atoms with Crippen LogP contribution in [0, 0.1) is 25.5 Å². The molecule has 24 heteroatoms. The molecule has 0 spiro atoms. The molecule has 2 aromatic carbocycles. The van der Waals surface area contributed by atoms with E-state index in [1.54, 1.807) is 36.7 Å². The zero-order valence-corrected chi connectivity index (χ0v) is 43.0. The summed E-state index contributed by atoms with van der Waals surface area (Å²) >= 11 is 0. The normalized spacial score (nSPS) is 23.1. The fourth-order valence-electron chi connectivity index (χ4n) is 11.0. The number of ether oxygens (including phenoxy) is 6. The predicted molar refractivity (Wildman–Crippen MR) is 285 cm³/mol. The van der Waals surface area contributed by atoms with Gasteiger partial charge in [-0.15, -0.1) is 0 Å². The van der Waals surface area contributed by atoms with E-state index in [0.29, 0.717) is 134 Å². The smallest absolute Gasteiger partial charge is 0.413 e. The van der Waals surface area contributed by atoms with Crippen LogP contribution >= 0.6 is 0 Å². The molecule has 8 N–H and O–H groups in total. The van der Waals surface area contributed by atoms with E-state index in [0.717, 1.165) is 24.0 Å². The van der Waals surface area contributed by atoms with Gasteiger partial charge in [0.25, 0.3) is 0 Å². The van der Waals surface area contributed by atoms with Crippen LogP contribution < -0.4 is 42.2 Å². The van der Waals surface area contributed by atoms with Gasteiger partial charge in [0.1, 0.15) is 60.8 Å². The second kappa shape index (κ2) is 22.4. The predicted octanol–water partition coefficient (Wildman–Crippen LogP) is 7.76. The van der Waals surface area contributed by atoms with Crippen LogP contribution in [0.1, 0.15) is 36.8 Å². The molecule has 6 aliphatic rings. The number of hydrogen-bond acceptors (Lipinski definition) is 18. The molecule has 0 radical (unpaired) electrons. The lowest BCUT2D eigenvalue weighted by Gasteiger charge is -2.37. The number of aromatic nitrogens is 4. The zero-order chi connectivity index (χ0) is 54.2. The number of amides is 2. The minimum Gasteiger partial charge on any atom is -0.474 e. The van der Waals surface area contributed by atoms with Crippen LogP contribution in [0.2, 0.25) is 0 Å². The van der Waals surface area contributed by atoms with Gasteiger partial charge in [-0.1, -0.05) is 0 Å². The number of nitrogens with zero attached hydrogens (tertiary/aromatic N) is 6. The summed E-state index contributed by atoms with van der Waals surface area (Å²) in [5, 5.41) is 13.5. The Morgan fingerprint density at radius 3 is 1.45 bits per heavy atom. The van der Waals surface area contributed by atoms with E-state index < -0.39 is 48.4 Å². The first-order chi connectivity index (χ1) is 37.8. The van der Waals surface area contributed by atoms with Gasteiger partial charge in [-0.25, -0.2) is 47.1 Å². The molecular formula is C54H60F4N12O8. The second-order valence-electron chi connectivity index (χ2n) is 20.2. The largest absolute Gasteiger partial charge is 0.474 e. The second-order valence-corrected chi connectivity index (χ2v) is 20.2. The minimum atomic E-state index is -1.30. The number of anilines is 6. The van der Waals surface area contributed by atoms with Gasteiger partial charge < -0.3 is 50.5 Å². The summed E-state index contributed by atoms with van der Waals surface area (Å²) in [4.78, 5) is 46.4. The third-order valence-electron chi connectivity index (χ3n) is 15.3. The molecule has 2 amide bonds. The first-order valence-electron chi connectivity index (χ1n) is 26.1. The van der Waals surface area contributed by atoms with Crippen molar-refractivity contribution < 1.29 is 55.6 Å². The van der Waals surface area contributed by atoms with Gasteiger partial charge in [0.15, 0.2) is 11.6 Å². The highest BCUT2D eigenvalue weighted by Crippen LogP contribution is 2.42. The number of carbonyl (C=O) groups excluding carboxylic acids is 2. The number of benzene rings is 2. The maximum Gasteiger partial charge on any atom is 0.413 e. The minimum absolute atomic E-state index is 0.0647. The van der Waals surface area contributed by atoms with Crippen molar-refractivity contribution in [1.82, 2.24) is 29.7 Å². The van der Waals surface area contributed by atoms with Crippen LogP contribution in [0.5, 0.6) is 11.8 Å². The highest BCUT2D eigenvalue weighted by Gasteiger charge is 2.38. The molecule has 0 aliphatic carbocycles. The zero-order valence-electron chi connectivity index (χ0n) is 43.0. The SMILES string of the molecule is Cc1c(-c2cc3cc(NC(=O)O[C@@H]4CCN(C5CCOC5)C[C@@H]4F)ncc3c(N)c2F)cnc2c1NCCO2.Cc1c(-c2cc3cc(NC(=O)O[C@H]4CCN(C5CCOC5)C[C@H]4F)ncc3c(N)c2F)cnc2c1NCCO2. The summed E-state index contributed by atoms with van der Waals surface area (Å²) in [6.07, 6.45) is 2.55. The third-order valence-corrected chi connectivity index (χ3v) is 15.3. The number of likely N-dealkylation sites (tertiary alicyclic amines) is 2. The Morgan fingerprint density at radius 2 is 1.05 bits per heavy atom. The van der Waals surface area contributed by atoms with E-state index in [9.17, 15) is 18.4 Å².